The van der Waals surface area contributed by atoms with E-state index in [4.69, 9.17) is 5.11 Å². The van der Waals surface area contributed by atoms with Gasteiger partial charge in [-0.05, 0) is 18.4 Å². The SMILES string of the molecule is O=C(O)c1cnn(Cc2ccccc2)c1C1CC1. The van der Waals surface area contributed by atoms with Crippen molar-refractivity contribution in [2.75, 3.05) is 0 Å². The molecule has 1 saturated carbocycles. The number of nitrogens with zero attached hydrogens (tertiary/aromatic N) is 2. The van der Waals surface area contributed by atoms with Crippen LogP contribution in [-0.4, -0.2) is 20.9 Å². The van der Waals surface area contributed by atoms with Crippen LogP contribution in [-0.2, 0) is 6.54 Å². The summed E-state index contributed by atoms with van der Waals surface area (Å²) in [5, 5.41) is 13.4. The van der Waals surface area contributed by atoms with E-state index in [1.54, 1.807) is 0 Å². The fraction of sp³-hybridized carbons (Fsp3) is 0.286. The van der Waals surface area contributed by atoms with Crippen molar-refractivity contribution in [3.05, 3.63) is 53.3 Å². The third kappa shape index (κ3) is 2.01. The van der Waals surface area contributed by atoms with Crippen LogP contribution in [0.15, 0.2) is 36.5 Å². The summed E-state index contributed by atoms with van der Waals surface area (Å²) in [6.07, 6.45) is 3.61. The van der Waals surface area contributed by atoms with Crippen LogP contribution in [0.25, 0.3) is 0 Å². The smallest absolute Gasteiger partial charge is 0.339 e. The van der Waals surface area contributed by atoms with Crippen LogP contribution in [0.3, 0.4) is 0 Å². The number of rotatable bonds is 4. The van der Waals surface area contributed by atoms with Gasteiger partial charge in [-0.25, -0.2) is 4.79 Å². The molecular weight excluding hydrogens is 228 g/mol. The van der Waals surface area contributed by atoms with Gasteiger partial charge in [-0.15, -0.1) is 0 Å². The second-order valence-electron chi connectivity index (χ2n) is 4.67. The molecule has 4 nitrogen and oxygen atoms in total. The van der Waals surface area contributed by atoms with E-state index >= 15 is 0 Å². The molecule has 0 radical (unpaired) electrons. The Labute approximate surface area is 105 Å². The normalized spacial score (nSPS) is 14.7. The highest BCUT2D eigenvalue weighted by Crippen LogP contribution is 2.41. The largest absolute Gasteiger partial charge is 0.478 e. The van der Waals surface area contributed by atoms with Crippen LogP contribution in [0, 0.1) is 0 Å². The van der Waals surface area contributed by atoms with Crippen molar-refractivity contribution in [3.8, 4) is 0 Å². The Hall–Kier alpha value is -2.10. The van der Waals surface area contributed by atoms with Gasteiger partial charge in [-0.1, -0.05) is 30.3 Å². The first-order valence-corrected chi connectivity index (χ1v) is 6.08. The average Bonchev–Trinajstić information content (AvgIpc) is 3.12. The Kier molecular flexibility index (Phi) is 2.63. The predicted octanol–water partition coefficient (Wildman–Crippen LogP) is 2.51. The first-order valence-electron chi connectivity index (χ1n) is 6.08. The van der Waals surface area contributed by atoms with Crippen molar-refractivity contribution >= 4 is 5.97 Å². The highest BCUT2D eigenvalue weighted by atomic mass is 16.4. The van der Waals surface area contributed by atoms with E-state index in [2.05, 4.69) is 5.10 Å². The molecule has 0 saturated heterocycles. The summed E-state index contributed by atoms with van der Waals surface area (Å²) in [5.74, 6) is -0.501. The number of carboxylic acid groups (broad SMARTS) is 1. The Morgan fingerprint density at radius 2 is 2.06 bits per heavy atom. The monoisotopic (exact) mass is 242 g/mol. The molecule has 0 spiro atoms. The summed E-state index contributed by atoms with van der Waals surface area (Å²) in [6.45, 7) is 0.639. The molecule has 3 rings (SSSR count). The van der Waals surface area contributed by atoms with E-state index in [-0.39, 0.29) is 0 Å². The van der Waals surface area contributed by atoms with Crippen molar-refractivity contribution in [2.24, 2.45) is 0 Å². The zero-order valence-electron chi connectivity index (χ0n) is 9.91. The lowest BCUT2D eigenvalue weighted by atomic mass is 10.1. The van der Waals surface area contributed by atoms with E-state index in [9.17, 15) is 4.79 Å². The van der Waals surface area contributed by atoms with Crippen LogP contribution in [0.5, 0.6) is 0 Å². The van der Waals surface area contributed by atoms with Gasteiger partial charge in [0, 0.05) is 5.92 Å². The van der Waals surface area contributed by atoms with Crippen LogP contribution < -0.4 is 0 Å². The molecule has 1 heterocycles. The standard InChI is InChI=1S/C14H14N2O2/c17-14(18)12-8-15-16(13(12)11-6-7-11)9-10-4-2-1-3-5-10/h1-5,8,11H,6-7,9H2,(H,17,18). The number of carbonyl (C=O) groups is 1. The number of hydrogen-bond donors (Lipinski definition) is 1. The average molecular weight is 242 g/mol. The summed E-state index contributed by atoms with van der Waals surface area (Å²) >= 11 is 0. The van der Waals surface area contributed by atoms with Crippen molar-refractivity contribution in [2.45, 2.75) is 25.3 Å². The van der Waals surface area contributed by atoms with Gasteiger partial charge in [0.15, 0.2) is 0 Å². The summed E-state index contributed by atoms with van der Waals surface area (Å²) in [6, 6.07) is 9.98. The summed E-state index contributed by atoms with van der Waals surface area (Å²) in [4.78, 5) is 11.2. The van der Waals surface area contributed by atoms with Gasteiger partial charge >= 0.3 is 5.97 Å². The van der Waals surface area contributed by atoms with Crippen molar-refractivity contribution in [1.29, 1.82) is 0 Å². The molecule has 1 fully saturated rings. The molecule has 1 N–H and O–H groups in total. The van der Waals surface area contributed by atoms with Gasteiger partial charge in [0.1, 0.15) is 5.56 Å². The Balaban J connectivity index is 1.95. The van der Waals surface area contributed by atoms with E-state index < -0.39 is 5.97 Å². The minimum atomic E-state index is -0.879. The Bertz CT molecular complexity index is 571. The number of benzene rings is 1. The molecule has 0 aliphatic heterocycles. The number of hydrogen-bond acceptors (Lipinski definition) is 2. The van der Waals surface area contributed by atoms with E-state index in [1.807, 2.05) is 35.0 Å². The molecule has 1 aromatic carbocycles. The Morgan fingerprint density at radius 1 is 1.33 bits per heavy atom. The zero-order chi connectivity index (χ0) is 12.5. The highest BCUT2D eigenvalue weighted by Gasteiger charge is 2.32. The predicted molar refractivity (Wildman–Crippen MR) is 66.7 cm³/mol. The lowest BCUT2D eigenvalue weighted by Crippen LogP contribution is -2.08. The van der Waals surface area contributed by atoms with Crippen molar-refractivity contribution in [3.63, 3.8) is 0 Å². The summed E-state index contributed by atoms with van der Waals surface area (Å²) < 4.78 is 1.83. The van der Waals surface area contributed by atoms with Gasteiger partial charge in [-0.2, -0.15) is 5.10 Å². The van der Waals surface area contributed by atoms with Crippen LogP contribution >= 0.6 is 0 Å². The quantitative estimate of drug-likeness (QED) is 0.896. The molecule has 1 aromatic heterocycles. The molecule has 0 bridgehead atoms. The zero-order valence-corrected chi connectivity index (χ0v) is 9.91. The number of carboxylic acids is 1. The maximum Gasteiger partial charge on any atom is 0.339 e. The first-order chi connectivity index (χ1) is 8.75. The fourth-order valence-electron chi connectivity index (χ4n) is 2.23. The summed E-state index contributed by atoms with van der Waals surface area (Å²) in [7, 11) is 0. The molecule has 0 unspecified atom stereocenters. The minimum absolute atomic E-state index is 0.355. The highest BCUT2D eigenvalue weighted by molar-refractivity contribution is 5.89. The maximum atomic E-state index is 11.2. The molecule has 0 amide bonds. The third-order valence-corrected chi connectivity index (χ3v) is 3.25. The van der Waals surface area contributed by atoms with Gasteiger partial charge in [0.05, 0.1) is 18.4 Å². The van der Waals surface area contributed by atoms with Crippen molar-refractivity contribution < 1.29 is 9.90 Å². The van der Waals surface area contributed by atoms with Gasteiger partial charge in [0.25, 0.3) is 0 Å². The second-order valence-corrected chi connectivity index (χ2v) is 4.67. The third-order valence-electron chi connectivity index (χ3n) is 3.25. The van der Waals surface area contributed by atoms with E-state index in [0.717, 1.165) is 24.1 Å². The van der Waals surface area contributed by atoms with E-state index in [0.29, 0.717) is 18.0 Å². The van der Waals surface area contributed by atoms with Gasteiger partial charge in [0.2, 0.25) is 0 Å². The minimum Gasteiger partial charge on any atom is -0.478 e. The summed E-state index contributed by atoms with van der Waals surface area (Å²) in [5.41, 5.74) is 2.37. The fourth-order valence-corrected chi connectivity index (χ4v) is 2.23. The molecular formula is C14H14N2O2. The first kappa shape index (κ1) is 11.0. The lowest BCUT2D eigenvalue weighted by molar-refractivity contribution is 0.0695. The Morgan fingerprint density at radius 3 is 2.67 bits per heavy atom. The van der Waals surface area contributed by atoms with Gasteiger partial charge in [-0.3, -0.25) is 4.68 Å². The number of aromatic nitrogens is 2. The molecule has 92 valence electrons. The van der Waals surface area contributed by atoms with Gasteiger partial charge < -0.3 is 5.11 Å². The second kappa shape index (κ2) is 4.29. The maximum absolute atomic E-state index is 11.2. The molecule has 1 aliphatic carbocycles. The van der Waals surface area contributed by atoms with Crippen LogP contribution in [0.2, 0.25) is 0 Å². The van der Waals surface area contributed by atoms with Crippen molar-refractivity contribution in [1.82, 2.24) is 9.78 Å². The topological polar surface area (TPSA) is 55.1 Å². The molecule has 1 aliphatic rings. The molecule has 0 atom stereocenters. The molecule has 4 heteroatoms. The molecule has 18 heavy (non-hydrogen) atoms. The number of aromatic carboxylic acids is 1. The van der Waals surface area contributed by atoms with Crippen LogP contribution in [0.1, 0.15) is 40.4 Å². The van der Waals surface area contributed by atoms with E-state index in [1.165, 1.54) is 6.20 Å². The molecule has 2 aromatic rings. The van der Waals surface area contributed by atoms with Crippen LogP contribution in [0.4, 0.5) is 0 Å². The lowest BCUT2D eigenvalue weighted by Gasteiger charge is -2.07.